The molecule has 0 unspecified atom stereocenters. The fourth-order valence-corrected chi connectivity index (χ4v) is 1.65. The Morgan fingerprint density at radius 2 is 1.79 bits per heavy atom. The molecule has 0 atom stereocenters. The molecule has 0 aliphatic heterocycles. The lowest BCUT2D eigenvalue weighted by atomic mass is 10.2. The van der Waals surface area contributed by atoms with Crippen LogP contribution in [0.1, 0.15) is 46.0 Å². The van der Waals surface area contributed by atoms with Gasteiger partial charge < -0.3 is 10.6 Å². The van der Waals surface area contributed by atoms with E-state index in [1.54, 1.807) is 0 Å². The molecule has 0 aromatic rings. The van der Waals surface area contributed by atoms with Gasteiger partial charge in [-0.3, -0.25) is 0 Å². The van der Waals surface area contributed by atoms with Crippen molar-refractivity contribution in [2.24, 2.45) is 5.92 Å². The Hall–Kier alpha value is -0.0800. The first kappa shape index (κ1) is 12.0. The third kappa shape index (κ3) is 7.34. The first-order valence-electron chi connectivity index (χ1n) is 6.23. The minimum atomic E-state index is 0.630. The molecule has 1 rings (SSSR count). The summed E-state index contributed by atoms with van der Waals surface area (Å²) in [6.45, 7) is 7.93. The summed E-state index contributed by atoms with van der Waals surface area (Å²) in [7, 11) is 0. The van der Waals surface area contributed by atoms with Gasteiger partial charge in [-0.05, 0) is 44.8 Å². The van der Waals surface area contributed by atoms with E-state index in [0.29, 0.717) is 6.04 Å². The molecule has 2 N–H and O–H groups in total. The van der Waals surface area contributed by atoms with E-state index in [-0.39, 0.29) is 0 Å². The summed E-state index contributed by atoms with van der Waals surface area (Å²) in [5.74, 6) is 1.10. The van der Waals surface area contributed by atoms with Crippen LogP contribution in [-0.2, 0) is 0 Å². The molecule has 0 amide bonds. The van der Waals surface area contributed by atoms with Crippen LogP contribution in [-0.4, -0.2) is 25.7 Å². The van der Waals surface area contributed by atoms with Gasteiger partial charge in [-0.1, -0.05) is 26.7 Å². The maximum atomic E-state index is 3.50. The van der Waals surface area contributed by atoms with Crippen molar-refractivity contribution in [2.45, 2.75) is 52.0 Å². The first-order valence-corrected chi connectivity index (χ1v) is 6.23. The van der Waals surface area contributed by atoms with Crippen molar-refractivity contribution in [3.8, 4) is 0 Å². The van der Waals surface area contributed by atoms with E-state index in [1.807, 2.05) is 0 Å². The molecule has 2 nitrogen and oxygen atoms in total. The number of nitrogens with one attached hydrogen (secondary N) is 2. The van der Waals surface area contributed by atoms with E-state index in [1.165, 1.54) is 45.2 Å². The van der Waals surface area contributed by atoms with E-state index >= 15 is 0 Å². The summed E-state index contributed by atoms with van der Waals surface area (Å²) in [4.78, 5) is 0. The molecule has 0 bridgehead atoms. The summed E-state index contributed by atoms with van der Waals surface area (Å²) in [5, 5.41) is 6.93. The molecular formula is C12H26N2. The highest BCUT2D eigenvalue weighted by molar-refractivity contribution is 4.72. The maximum Gasteiger partial charge on any atom is 0.00103 e. The molecule has 2 heteroatoms. The zero-order valence-corrected chi connectivity index (χ0v) is 9.81. The second-order valence-corrected chi connectivity index (χ2v) is 4.80. The fraction of sp³-hybridized carbons (Fsp3) is 1.00. The Labute approximate surface area is 88.8 Å². The molecule has 0 saturated heterocycles. The van der Waals surface area contributed by atoms with Crippen molar-refractivity contribution in [3.05, 3.63) is 0 Å². The number of hydrogen-bond donors (Lipinski definition) is 2. The van der Waals surface area contributed by atoms with E-state index in [9.17, 15) is 0 Å². The summed E-state index contributed by atoms with van der Waals surface area (Å²) in [6.07, 6.45) is 7.08. The molecule has 1 aliphatic carbocycles. The third-order valence-electron chi connectivity index (χ3n) is 2.75. The van der Waals surface area contributed by atoms with Crippen LogP contribution in [0.4, 0.5) is 0 Å². The zero-order valence-electron chi connectivity index (χ0n) is 9.81. The van der Waals surface area contributed by atoms with Crippen molar-refractivity contribution >= 4 is 0 Å². The second-order valence-electron chi connectivity index (χ2n) is 4.80. The molecular weight excluding hydrogens is 172 g/mol. The van der Waals surface area contributed by atoms with Crippen LogP contribution in [0.3, 0.4) is 0 Å². The van der Waals surface area contributed by atoms with Crippen LogP contribution in [0.2, 0.25) is 0 Å². The maximum absolute atomic E-state index is 3.50. The van der Waals surface area contributed by atoms with Crippen LogP contribution in [0, 0.1) is 5.92 Å². The molecule has 0 heterocycles. The van der Waals surface area contributed by atoms with E-state index in [0.717, 1.165) is 12.5 Å². The second kappa shape index (κ2) is 7.24. The van der Waals surface area contributed by atoms with Gasteiger partial charge in [0, 0.05) is 6.04 Å². The number of hydrogen-bond acceptors (Lipinski definition) is 2. The Morgan fingerprint density at radius 1 is 1.07 bits per heavy atom. The van der Waals surface area contributed by atoms with E-state index in [2.05, 4.69) is 24.5 Å². The van der Waals surface area contributed by atoms with Crippen LogP contribution >= 0.6 is 0 Å². The third-order valence-corrected chi connectivity index (χ3v) is 2.75. The SMILES string of the molecule is CC(C)NCCCNCCCC1CC1. The van der Waals surface area contributed by atoms with E-state index in [4.69, 9.17) is 0 Å². The van der Waals surface area contributed by atoms with Crippen molar-refractivity contribution in [1.82, 2.24) is 10.6 Å². The van der Waals surface area contributed by atoms with E-state index < -0.39 is 0 Å². The molecule has 0 aromatic heterocycles. The van der Waals surface area contributed by atoms with Gasteiger partial charge in [0.1, 0.15) is 0 Å². The molecule has 84 valence electrons. The predicted octanol–water partition coefficient (Wildman–Crippen LogP) is 2.15. The fourth-order valence-electron chi connectivity index (χ4n) is 1.65. The Bertz CT molecular complexity index is 122. The predicted molar refractivity (Wildman–Crippen MR) is 62.6 cm³/mol. The summed E-state index contributed by atoms with van der Waals surface area (Å²) in [5.41, 5.74) is 0. The number of rotatable bonds is 9. The monoisotopic (exact) mass is 198 g/mol. The average molecular weight is 198 g/mol. The molecule has 1 saturated carbocycles. The Kier molecular flexibility index (Phi) is 6.20. The molecule has 0 aromatic carbocycles. The molecule has 1 fully saturated rings. The lowest BCUT2D eigenvalue weighted by molar-refractivity contribution is 0.535. The van der Waals surface area contributed by atoms with Crippen LogP contribution in [0.5, 0.6) is 0 Å². The smallest absolute Gasteiger partial charge is 0.00103 e. The van der Waals surface area contributed by atoms with Gasteiger partial charge in [0.2, 0.25) is 0 Å². The quantitative estimate of drug-likeness (QED) is 0.555. The summed E-state index contributed by atoms with van der Waals surface area (Å²) >= 11 is 0. The van der Waals surface area contributed by atoms with Crippen molar-refractivity contribution in [3.63, 3.8) is 0 Å². The molecule has 1 aliphatic rings. The van der Waals surface area contributed by atoms with Gasteiger partial charge in [-0.15, -0.1) is 0 Å². The first-order chi connectivity index (χ1) is 6.79. The summed E-state index contributed by atoms with van der Waals surface area (Å²) in [6, 6.07) is 0.630. The topological polar surface area (TPSA) is 24.1 Å². The highest BCUT2D eigenvalue weighted by Gasteiger charge is 2.19. The van der Waals surface area contributed by atoms with Crippen LogP contribution in [0.15, 0.2) is 0 Å². The van der Waals surface area contributed by atoms with Crippen molar-refractivity contribution in [2.75, 3.05) is 19.6 Å². The van der Waals surface area contributed by atoms with Gasteiger partial charge >= 0.3 is 0 Å². The van der Waals surface area contributed by atoms with Crippen LogP contribution < -0.4 is 10.6 Å². The zero-order chi connectivity index (χ0) is 10.2. The van der Waals surface area contributed by atoms with Gasteiger partial charge in [0.25, 0.3) is 0 Å². The van der Waals surface area contributed by atoms with Gasteiger partial charge in [0.15, 0.2) is 0 Å². The minimum absolute atomic E-state index is 0.630. The molecule has 0 radical (unpaired) electrons. The molecule has 14 heavy (non-hydrogen) atoms. The highest BCUT2D eigenvalue weighted by atomic mass is 14.9. The standard InChI is InChI=1S/C12H26N2/c1-11(2)14-10-4-9-13-8-3-5-12-6-7-12/h11-14H,3-10H2,1-2H3. The summed E-state index contributed by atoms with van der Waals surface area (Å²) < 4.78 is 0. The minimum Gasteiger partial charge on any atom is -0.317 e. The molecule has 0 spiro atoms. The van der Waals surface area contributed by atoms with Gasteiger partial charge in [-0.25, -0.2) is 0 Å². The van der Waals surface area contributed by atoms with Gasteiger partial charge in [-0.2, -0.15) is 0 Å². The van der Waals surface area contributed by atoms with Crippen molar-refractivity contribution < 1.29 is 0 Å². The van der Waals surface area contributed by atoms with Crippen molar-refractivity contribution in [1.29, 1.82) is 0 Å². The lowest BCUT2D eigenvalue weighted by Crippen LogP contribution is -2.27. The average Bonchev–Trinajstić information content (AvgIpc) is 2.92. The Morgan fingerprint density at radius 3 is 2.43 bits per heavy atom. The normalized spacial score (nSPS) is 16.5. The largest absolute Gasteiger partial charge is 0.317 e. The van der Waals surface area contributed by atoms with Crippen LogP contribution in [0.25, 0.3) is 0 Å². The lowest BCUT2D eigenvalue weighted by Gasteiger charge is -2.08. The highest BCUT2D eigenvalue weighted by Crippen LogP contribution is 2.33. The Balaban J connectivity index is 1.66. The van der Waals surface area contributed by atoms with Gasteiger partial charge in [0.05, 0.1) is 0 Å².